The normalized spacial score (nSPS) is 12.2. The Morgan fingerprint density at radius 2 is 1.83 bits per heavy atom. The topological polar surface area (TPSA) is 112 Å². The highest BCUT2D eigenvalue weighted by atomic mass is 32.2. The summed E-state index contributed by atoms with van der Waals surface area (Å²) in [5.41, 5.74) is 5.04. The number of ether oxygens (including phenoxy) is 1. The fourth-order valence-electron chi connectivity index (χ4n) is 1.22. The molecule has 0 fully saturated rings. The van der Waals surface area contributed by atoms with E-state index in [1.807, 2.05) is 0 Å². The molecular formula is C11H16N2O4S. The lowest BCUT2D eigenvalue weighted by Crippen LogP contribution is -2.24. The second kappa shape index (κ2) is 4.58. The minimum atomic E-state index is -3.88. The zero-order chi connectivity index (χ0) is 14.1. The Labute approximate surface area is 106 Å². The van der Waals surface area contributed by atoms with Gasteiger partial charge in [0.15, 0.2) is 0 Å². The first kappa shape index (κ1) is 14.5. The number of nitrogens with two attached hydrogens (primary N) is 2. The molecule has 0 amide bonds. The zero-order valence-corrected chi connectivity index (χ0v) is 11.2. The molecule has 0 unspecified atom stereocenters. The van der Waals surface area contributed by atoms with Gasteiger partial charge in [0.25, 0.3) is 0 Å². The fraction of sp³-hybridized carbons (Fsp3) is 0.364. The van der Waals surface area contributed by atoms with Crippen LogP contribution in [0.2, 0.25) is 0 Å². The van der Waals surface area contributed by atoms with Gasteiger partial charge in [-0.05, 0) is 39.0 Å². The van der Waals surface area contributed by atoms with E-state index >= 15 is 0 Å². The molecule has 0 heterocycles. The van der Waals surface area contributed by atoms with Crippen LogP contribution in [0.1, 0.15) is 31.1 Å². The van der Waals surface area contributed by atoms with Crippen molar-refractivity contribution in [3.8, 4) is 0 Å². The highest BCUT2D eigenvalue weighted by Gasteiger charge is 2.21. The molecule has 1 aromatic rings. The summed E-state index contributed by atoms with van der Waals surface area (Å²) in [5, 5.41) is 4.98. The number of rotatable bonds is 2. The molecule has 0 radical (unpaired) electrons. The number of anilines is 1. The van der Waals surface area contributed by atoms with Crippen LogP contribution in [0.4, 0.5) is 5.69 Å². The zero-order valence-electron chi connectivity index (χ0n) is 10.4. The molecule has 0 spiro atoms. The fourth-order valence-corrected chi connectivity index (χ4v) is 1.76. The number of hydrogen-bond donors (Lipinski definition) is 2. The molecule has 0 atom stereocenters. The molecule has 6 nitrogen and oxygen atoms in total. The Hall–Kier alpha value is -1.60. The number of primary sulfonamides is 1. The molecule has 4 N–H and O–H groups in total. The van der Waals surface area contributed by atoms with E-state index in [1.165, 1.54) is 12.1 Å². The van der Waals surface area contributed by atoms with E-state index in [4.69, 9.17) is 15.6 Å². The molecule has 1 aromatic carbocycles. The number of hydrogen-bond acceptors (Lipinski definition) is 5. The maximum absolute atomic E-state index is 11.8. The van der Waals surface area contributed by atoms with Crippen LogP contribution in [-0.2, 0) is 14.8 Å². The van der Waals surface area contributed by atoms with Crippen LogP contribution >= 0.6 is 0 Å². The summed E-state index contributed by atoms with van der Waals surface area (Å²) >= 11 is 0. The summed E-state index contributed by atoms with van der Waals surface area (Å²) in [6.45, 7) is 5.10. The number of sulfonamides is 1. The van der Waals surface area contributed by atoms with Gasteiger partial charge in [-0.25, -0.2) is 18.4 Å². The number of benzene rings is 1. The van der Waals surface area contributed by atoms with Gasteiger partial charge in [-0.15, -0.1) is 0 Å². The van der Waals surface area contributed by atoms with Crippen molar-refractivity contribution in [3.05, 3.63) is 23.8 Å². The van der Waals surface area contributed by atoms with E-state index in [-0.39, 0.29) is 16.1 Å². The first-order valence-corrected chi connectivity index (χ1v) is 6.71. The van der Waals surface area contributed by atoms with Gasteiger partial charge in [0.2, 0.25) is 10.0 Å². The van der Waals surface area contributed by atoms with Gasteiger partial charge >= 0.3 is 5.97 Å². The van der Waals surface area contributed by atoms with Gasteiger partial charge in [-0.1, -0.05) is 0 Å². The molecule has 0 saturated carbocycles. The van der Waals surface area contributed by atoms with Crippen molar-refractivity contribution in [2.45, 2.75) is 31.3 Å². The molecule has 18 heavy (non-hydrogen) atoms. The Morgan fingerprint density at radius 1 is 1.28 bits per heavy atom. The molecular weight excluding hydrogens is 256 g/mol. The van der Waals surface area contributed by atoms with Crippen LogP contribution in [0.15, 0.2) is 23.1 Å². The van der Waals surface area contributed by atoms with E-state index < -0.39 is 21.6 Å². The maximum atomic E-state index is 11.8. The summed E-state index contributed by atoms with van der Waals surface area (Å²) in [6, 6.07) is 3.65. The average molecular weight is 272 g/mol. The van der Waals surface area contributed by atoms with Crippen molar-refractivity contribution in [2.24, 2.45) is 5.14 Å². The third-order valence-electron chi connectivity index (χ3n) is 1.97. The van der Waals surface area contributed by atoms with E-state index in [1.54, 1.807) is 20.8 Å². The summed E-state index contributed by atoms with van der Waals surface area (Å²) in [6.07, 6.45) is 0. The molecule has 0 saturated heterocycles. The third kappa shape index (κ3) is 3.71. The highest BCUT2D eigenvalue weighted by Crippen LogP contribution is 2.20. The molecule has 0 aliphatic carbocycles. The predicted octanol–water partition coefficient (Wildman–Crippen LogP) is 0.871. The summed E-state index contributed by atoms with van der Waals surface area (Å²) in [7, 11) is -3.88. The van der Waals surface area contributed by atoms with E-state index in [0.717, 1.165) is 6.07 Å². The molecule has 0 aliphatic heterocycles. The van der Waals surface area contributed by atoms with Crippen LogP contribution in [0.3, 0.4) is 0 Å². The van der Waals surface area contributed by atoms with Crippen LogP contribution in [0, 0.1) is 0 Å². The average Bonchev–Trinajstić information content (AvgIpc) is 2.13. The Balaban J connectivity index is 3.21. The summed E-state index contributed by atoms with van der Waals surface area (Å²) in [4.78, 5) is 11.6. The SMILES string of the molecule is CC(C)(C)OC(=O)c1cc(S(N)(=O)=O)ccc1N. The molecule has 1 rings (SSSR count). The summed E-state index contributed by atoms with van der Waals surface area (Å²) in [5.74, 6) is -0.689. The van der Waals surface area contributed by atoms with Crippen LogP contribution in [-0.4, -0.2) is 20.0 Å². The van der Waals surface area contributed by atoms with Crippen molar-refractivity contribution in [3.63, 3.8) is 0 Å². The number of carbonyl (C=O) groups excluding carboxylic acids is 1. The number of nitrogen functional groups attached to an aromatic ring is 1. The first-order valence-electron chi connectivity index (χ1n) is 5.16. The quantitative estimate of drug-likeness (QED) is 0.612. The Kier molecular flexibility index (Phi) is 3.68. The first-order chi connectivity index (χ1) is 8.00. The largest absolute Gasteiger partial charge is 0.456 e. The third-order valence-corrected chi connectivity index (χ3v) is 2.88. The molecule has 100 valence electrons. The van der Waals surface area contributed by atoms with E-state index in [2.05, 4.69) is 0 Å². The van der Waals surface area contributed by atoms with Gasteiger partial charge in [0.1, 0.15) is 5.60 Å². The highest BCUT2D eigenvalue weighted by molar-refractivity contribution is 7.89. The molecule has 0 bridgehead atoms. The van der Waals surface area contributed by atoms with E-state index in [9.17, 15) is 13.2 Å². The monoisotopic (exact) mass is 272 g/mol. The summed E-state index contributed by atoms with van der Waals surface area (Å²) < 4.78 is 27.5. The maximum Gasteiger partial charge on any atom is 0.340 e. The number of carbonyl (C=O) groups is 1. The minimum Gasteiger partial charge on any atom is -0.456 e. The molecule has 0 aromatic heterocycles. The van der Waals surface area contributed by atoms with Gasteiger partial charge in [-0.2, -0.15) is 0 Å². The van der Waals surface area contributed by atoms with Gasteiger partial charge in [0, 0.05) is 5.69 Å². The van der Waals surface area contributed by atoms with Gasteiger partial charge in [-0.3, -0.25) is 0 Å². The van der Waals surface area contributed by atoms with Crippen LogP contribution < -0.4 is 10.9 Å². The second-order valence-electron chi connectivity index (χ2n) is 4.80. The van der Waals surface area contributed by atoms with Crippen molar-refractivity contribution >= 4 is 21.7 Å². The second-order valence-corrected chi connectivity index (χ2v) is 6.36. The van der Waals surface area contributed by atoms with Gasteiger partial charge in [0.05, 0.1) is 10.5 Å². The Bertz CT molecular complexity index is 573. The van der Waals surface area contributed by atoms with E-state index in [0.29, 0.717) is 0 Å². The van der Waals surface area contributed by atoms with Crippen molar-refractivity contribution in [2.75, 3.05) is 5.73 Å². The van der Waals surface area contributed by atoms with Crippen LogP contribution in [0.25, 0.3) is 0 Å². The van der Waals surface area contributed by atoms with Crippen molar-refractivity contribution < 1.29 is 17.9 Å². The molecule has 0 aliphatic rings. The lowest BCUT2D eigenvalue weighted by atomic mass is 10.1. The lowest BCUT2D eigenvalue weighted by molar-refractivity contribution is 0.00705. The minimum absolute atomic E-state index is 0.0172. The standard InChI is InChI=1S/C11H16N2O4S/c1-11(2,3)17-10(14)8-6-7(18(13,15)16)4-5-9(8)12/h4-6H,12H2,1-3H3,(H2,13,15,16). The van der Waals surface area contributed by atoms with Crippen molar-refractivity contribution in [1.29, 1.82) is 0 Å². The predicted molar refractivity (Wildman–Crippen MR) is 67.4 cm³/mol. The van der Waals surface area contributed by atoms with Crippen molar-refractivity contribution in [1.82, 2.24) is 0 Å². The van der Waals surface area contributed by atoms with Crippen LogP contribution in [0.5, 0.6) is 0 Å². The lowest BCUT2D eigenvalue weighted by Gasteiger charge is -2.20. The van der Waals surface area contributed by atoms with Gasteiger partial charge < -0.3 is 10.5 Å². The number of esters is 1. The molecule has 7 heteroatoms. The Morgan fingerprint density at radius 3 is 2.28 bits per heavy atom. The smallest absolute Gasteiger partial charge is 0.340 e.